The van der Waals surface area contributed by atoms with E-state index in [0.29, 0.717) is 11.3 Å². The number of hydrogen-bond donors (Lipinski definition) is 1. The first-order valence-corrected chi connectivity index (χ1v) is 7.95. The third kappa shape index (κ3) is 3.59. The lowest BCUT2D eigenvalue weighted by molar-refractivity contribution is -0.384. The fourth-order valence-electron chi connectivity index (χ4n) is 2.63. The summed E-state index contributed by atoms with van der Waals surface area (Å²) in [5.74, 6) is 0.432. The molecule has 1 aromatic heterocycles. The molecule has 2 aromatic carbocycles. The maximum absolute atomic E-state index is 12.2. The molecule has 0 spiro atoms. The van der Waals surface area contributed by atoms with Gasteiger partial charge in [0.15, 0.2) is 0 Å². The molecule has 1 amide bonds. The van der Waals surface area contributed by atoms with Crippen LogP contribution in [0, 0.1) is 17.0 Å². The van der Waals surface area contributed by atoms with E-state index in [0.717, 1.165) is 16.9 Å². The number of hydrazone groups is 1. The number of nitro groups is 1. The number of fused-ring (bicyclic) bond motifs is 1. The third-order valence-electron chi connectivity index (χ3n) is 3.97. The summed E-state index contributed by atoms with van der Waals surface area (Å²) < 4.78 is 1.81. The van der Waals surface area contributed by atoms with Gasteiger partial charge < -0.3 is 4.57 Å². The topological polar surface area (TPSA) is 102 Å². The normalized spacial score (nSPS) is 11.5. The van der Waals surface area contributed by atoms with Crippen LogP contribution in [-0.4, -0.2) is 26.1 Å². The van der Waals surface area contributed by atoms with Crippen molar-refractivity contribution in [3.05, 3.63) is 70.0 Å². The van der Waals surface area contributed by atoms with Crippen molar-refractivity contribution < 1.29 is 9.72 Å². The molecule has 26 heavy (non-hydrogen) atoms. The molecule has 0 saturated heterocycles. The van der Waals surface area contributed by atoms with Crippen molar-refractivity contribution in [2.24, 2.45) is 5.10 Å². The van der Waals surface area contributed by atoms with Crippen LogP contribution in [0.15, 0.2) is 53.6 Å². The molecule has 0 aliphatic rings. The lowest BCUT2D eigenvalue weighted by Gasteiger charge is -2.06. The average molecular weight is 351 g/mol. The number of aromatic nitrogens is 2. The van der Waals surface area contributed by atoms with E-state index in [2.05, 4.69) is 15.5 Å². The lowest BCUT2D eigenvalue weighted by Crippen LogP contribution is -2.24. The Balaban J connectivity index is 1.73. The first kappa shape index (κ1) is 17.3. The summed E-state index contributed by atoms with van der Waals surface area (Å²) in [6.45, 7) is 3.60. The number of non-ortho nitro benzene ring substituents is 1. The SMILES string of the molecule is C/C(=N/NC(=O)Cn1c(C)nc2ccccc21)c1cccc([N+](=O)[O-])c1. The molecule has 3 aromatic rings. The van der Waals surface area contributed by atoms with Gasteiger partial charge in [0.25, 0.3) is 11.6 Å². The van der Waals surface area contributed by atoms with E-state index >= 15 is 0 Å². The van der Waals surface area contributed by atoms with Crippen LogP contribution in [0.2, 0.25) is 0 Å². The van der Waals surface area contributed by atoms with Crippen molar-refractivity contribution in [3.63, 3.8) is 0 Å². The average Bonchev–Trinajstić information content (AvgIpc) is 2.95. The minimum Gasteiger partial charge on any atom is -0.319 e. The number of aryl methyl sites for hydroxylation is 1. The van der Waals surface area contributed by atoms with Crippen molar-refractivity contribution >= 4 is 28.3 Å². The fraction of sp³-hybridized carbons (Fsp3) is 0.167. The first-order valence-electron chi connectivity index (χ1n) is 7.95. The zero-order valence-electron chi connectivity index (χ0n) is 14.3. The van der Waals surface area contributed by atoms with Crippen molar-refractivity contribution in [1.29, 1.82) is 0 Å². The number of carbonyl (C=O) groups is 1. The molecule has 0 fully saturated rings. The number of benzene rings is 2. The van der Waals surface area contributed by atoms with Crippen LogP contribution in [0.4, 0.5) is 5.69 Å². The van der Waals surface area contributed by atoms with Gasteiger partial charge in [-0.3, -0.25) is 14.9 Å². The molecule has 0 radical (unpaired) electrons. The molecule has 0 unspecified atom stereocenters. The van der Waals surface area contributed by atoms with Crippen LogP contribution in [0.5, 0.6) is 0 Å². The van der Waals surface area contributed by atoms with Gasteiger partial charge >= 0.3 is 0 Å². The number of rotatable bonds is 5. The maximum atomic E-state index is 12.2. The summed E-state index contributed by atoms with van der Waals surface area (Å²) in [7, 11) is 0. The highest BCUT2D eigenvalue weighted by atomic mass is 16.6. The molecule has 8 nitrogen and oxygen atoms in total. The molecule has 132 valence electrons. The van der Waals surface area contributed by atoms with Gasteiger partial charge in [0.2, 0.25) is 0 Å². The quantitative estimate of drug-likeness (QED) is 0.434. The Morgan fingerprint density at radius 2 is 2.04 bits per heavy atom. The first-order chi connectivity index (χ1) is 12.5. The van der Waals surface area contributed by atoms with E-state index in [1.807, 2.05) is 35.8 Å². The predicted octanol–water partition coefficient (Wildman–Crippen LogP) is 2.79. The molecule has 1 heterocycles. The Morgan fingerprint density at radius 1 is 1.27 bits per heavy atom. The number of nitrogens with zero attached hydrogens (tertiary/aromatic N) is 4. The van der Waals surface area contributed by atoms with E-state index in [4.69, 9.17) is 0 Å². The standard InChI is InChI=1S/C18H17N5O3/c1-12(14-6-5-7-15(10-14)23(25)26)20-21-18(24)11-22-13(2)19-16-8-3-4-9-17(16)22/h3-10H,11H2,1-2H3,(H,21,24)/b20-12-. The fourth-order valence-corrected chi connectivity index (χ4v) is 2.63. The van der Waals surface area contributed by atoms with Crippen LogP contribution in [0.1, 0.15) is 18.3 Å². The van der Waals surface area contributed by atoms with Crippen molar-refractivity contribution in [2.45, 2.75) is 20.4 Å². The Labute approximate surface area is 149 Å². The molecule has 0 aliphatic heterocycles. The minimum absolute atomic E-state index is 0.0242. The van der Waals surface area contributed by atoms with Crippen molar-refractivity contribution in [1.82, 2.24) is 15.0 Å². The molecular formula is C18H17N5O3. The maximum Gasteiger partial charge on any atom is 0.270 e. The molecular weight excluding hydrogens is 334 g/mol. The van der Waals surface area contributed by atoms with E-state index in [1.165, 1.54) is 12.1 Å². The molecule has 8 heteroatoms. The second-order valence-corrected chi connectivity index (χ2v) is 5.77. The van der Waals surface area contributed by atoms with Crippen LogP contribution in [0.25, 0.3) is 11.0 Å². The molecule has 1 N–H and O–H groups in total. The van der Waals surface area contributed by atoms with Crippen molar-refractivity contribution in [3.8, 4) is 0 Å². The number of nitrogens with one attached hydrogen (secondary N) is 1. The second kappa shape index (κ2) is 7.14. The summed E-state index contributed by atoms with van der Waals surface area (Å²) in [6, 6.07) is 13.7. The summed E-state index contributed by atoms with van der Waals surface area (Å²) in [6.07, 6.45) is 0. The van der Waals surface area contributed by atoms with Gasteiger partial charge in [0.05, 0.1) is 21.7 Å². The molecule has 0 bridgehead atoms. The van der Waals surface area contributed by atoms with Gasteiger partial charge in [-0.05, 0) is 26.0 Å². The van der Waals surface area contributed by atoms with Gasteiger partial charge in [-0.1, -0.05) is 24.3 Å². The monoisotopic (exact) mass is 351 g/mol. The van der Waals surface area contributed by atoms with E-state index in [-0.39, 0.29) is 18.1 Å². The van der Waals surface area contributed by atoms with Crippen molar-refractivity contribution in [2.75, 3.05) is 0 Å². The Morgan fingerprint density at radius 3 is 2.81 bits per heavy atom. The van der Waals surface area contributed by atoms with E-state index in [9.17, 15) is 14.9 Å². The largest absolute Gasteiger partial charge is 0.319 e. The number of carbonyl (C=O) groups excluding carboxylic acids is 1. The van der Waals surface area contributed by atoms with Gasteiger partial charge in [0, 0.05) is 17.7 Å². The highest BCUT2D eigenvalue weighted by Gasteiger charge is 2.11. The lowest BCUT2D eigenvalue weighted by atomic mass is 10.1. The Hall–Kier alpha value is -3.55. The zero-order chi connectivity index (χ0) is 18.7. The summed E-state index contributed by atoms with van der Waals surface area (Å²) in [5.41, 5.74) is 5.22. The predicted molar refractivity (Wildman–Crippen MR) is 97.9 cm³/mol. The van der Waals surface area contributed by atoms with Crippen LogP contribution < -0.4 is 5.43 Å². The molecule has 0 saturated carbocycles. The van der Waals surface area contributed by atoms with Gasteiger partial charge in [-0.2, -0.15) is 5.10 Å². The number of hydrogen-bond acceptors (Lipinski definition) is 5. The van der Waals surface area contributed by atoms with Crippen LogP contribution >= 0.6 is 0 Å². The van der Waals surface area contributed by atoms with Gasteiger partial charge in [0.1, 0.15) is 12.4 Å². The number of para-hydroxylation sites is 2. The van der Waals surface area contributed by atoms with Gasteiger partial charge in [-0.15, -0.1) is 0 Å². The zero-order valence-corrected chi connectivity index (χ0v) is 14.3. The Kier molecular flexibility index (Phi) is 4.74. The molecule has 3 rings (SSSR count). The van der Waals surface area contributed by atoms with E-state index < -0.39 is 4.92 Å². The Bertz CT molecular complexity index is 1020. The smallest absolute Gasteiger partial charge is 0.270 e. The number of imidazole rings is 1. The van der Waals surface area contributed by atoms with E-state index in [1.54, 1.807) is 19.1 Å². The second-order valence-electron chi connectivity index (χ2n) is 5.77. The highest BCUT2D eigenvalue weighted by Crippen LogP contribution is 2.15. The van der Waals surface area contributed by atoms with Crippen LogP contribution in [0.3, 0.4) is 0 Å². The third-order valence-corrected chi connectivity index (χ3v) is 3.97. The summed E-state index contributed by atoms with van der Waals surface area (Å²) in [5, 5.41) is 14.9. The molecule has 0 atom stereocenters. The number of amides is 1. The van der Waals surface area contributed by atoms with Gasteiger partial charge in [-0.25, -0.2) is 10.4 Å². The van der Waals surface area contributed by atoms with Crippen LogP contribution in [-0.2, 0) is 11.3 Å². The summed E-state index contributed by atoms with van der Waals surface area (Å²) >= 11 is 0. The number of nitro benzene ring substituents is 1. The molecule has 0 aliphatic carbocycles. The summed E-state index contributed by atoms with van der Waals surface area (Å²) in [4.78, 5) is 27.0. The highest BCUT2D eigenvalue weighted by molar-refractivity contribution is 5.99. The minimum atomic E-state index is -0.470.